The summed E-state index contributed by atoms with van der Waals surface area (Å²) in [5, 5.41) is 9.19. The molecule has 3 aromatic carbocycles. The smallest absolute Gasteiger partial charge is 0.244 e. The van der Waals surface area contributed by atoms with Crippen molar-refractivity contribution in [1.82, 2.24) is 10.5 Å². The number of rotatable bonds is 5. The van der Waals surface area contributed by atoms with Crippen molar-refractivity contribution in [2.45, 2.75) is 6.54 Å². The van der Waals surface area contributed by atoms with Crippen LogP contribution in [0, 0.1) is 0 Å². The van der Waals surface area contributed by atoms with Crippen molar-refractivity contribution in [2.24, 2.45) is 0 Å². The number of carbonyl (C=O) groups excluding carboxylic acids is 1. The number of aromatic nitrogens is 1. The molecule has 4 aromatic rings. The van der Waals surface area contributed by atoms with E-state index in [1.54, 1.807) is 6.08 Å². The summed E-state index contributed by atoms with van der Waals surface area (Å²) < 4.78 is 5.44. The van der Waals surface area contributed by atoms with Gasteiger partial charge in [0.05, 0.1) is 6.54 Å². The van der Waals surface area contributed by atoms with Crippen molar-refractivity contribution in [3.05, 3.63) is 96.2 Å². The van der Waals surface area contributed by atoms with E-state index in [2.05, 4.69) is 34.7 Å². The first-order valence-electron chi connectivity index (χ1n) is 8.74. The Labute approximate surface area is 157 Å². The second kappa shape index (κ2) is 7.70. The Morgan fingerprint density at radius 2 is 1.70 bits per heavy atom. The molecule has 0 aliphatic heterocycles. The molecule has 27 heavy (non-hydrogen) atoms. The monoisotopic (exact) mass is 354 g/mol. The lowest BCUT2D eigenvalue weighted by Crippen LogP contribution is -2.20. The summed E-state index contributed by atoms with van der Waals surface area (Å²) in [5.41, 5.74) is 2.62. The number of hydrogen-bond acceptors (Lipinski definition) is 3. The molecule has 4 nitrogen and oxygen atoms in total. The lowest BCUT2D eigenvalue weighted by molar-refractivity contribution is -0.116. The maximum atomic E-state index is 12.0. The number of fused-ring (bicyclic) bond motifs is 1. The van der Waals surface area contributed by atoms with Crippen LogP contribution in [0.3, 0.4) is 0 Å². The summed E-state index contributed by atoms with van der Waals surface area (Å²) in [6.07, 6.45) is 3.29. The van der Waals surface area contributed by atoms with Crippen molar-refractivity contribution in [3.63, 3.8) is 0 Å². The van der Waals surface area contributed by atoms with Crippen LogP contribution < -0.4 is 5.32 Å². The molecule has 0 spiro atoms. The molecule has 1 heterocycles. The van der Waals surface area contributed by atoms with Crippen molar-refractivity contribution >= 4 is 22.8 Å². The fourth-order valence-electron chi connectivity index (χ4n) is 2.85. The molecule has 1 amide bonds. The molecule has 0 saturated carbocycles. The van der Waals surface area contributed by atoms with Gasteiger partial charge in [-0.15, -0.1) is 0 Å². The van der Waals surface area contributed by atoms with Gasteiger partial charge in [0.1, 0.15) is 5.69 Å². The minimum Gasteiger partial charge on any atom is -0.356 e. The average Bonchev–Trinajstić information content (AvgIpc) is 3.20. The second-order valence-corrected chi connectivity index (χ2v) is 6.21. The highest BCUT2D eigenvalue weighted by Gasteiger charge is 2.08. The molecule has 132 valence electrons. The lowest BCUT2D eigenvalue weighted by atomic mass is 10.1. The van der Waals surface area contributed by atoms with Gasteiger partial charge in [0.25, 0.3) is 0 Å². The number of benzene rings is 3. The lowest BCUT2D eigenvalue weighted by Gasteiger charge is -2.00. The van der Waals surface area contributed by atoms with Crippen molar-refractivity contribution < 1.29 is 9.32 Å². The molecule has 0 aliphatic carbocycles. The Kier molecular flexibility index (Phi) is 4.79. The van der Waals surface area contributed by atoms with Gasteiger partial charge in [-0.2, -0.15) is 0 Å². The van der Waals surface area contributed by atoms with Crippen LogP contribution in [0.1, 0.15) is 11.3 Å². The summed E-state index contributed by atoms with van der Waals surface area (Å²) in [6, 6.07) is 25.8. The van der Waals surface area contributed by atoms with Crippen LogP contribution in [0.25, 0.3) is 28.2 Å². The maximum absolute atomic E-state index is 12.0. The molecule has 0 radical (unpaired) electrons. The van der Waals surface area contributed by atoms with Crippen LogP contribution >= 0.6 is 0 Å². The first-order chi connectivity index (χ1) is 13.3. The van der Waals surface area contributed by atoms with E-state index in [9.17, 15) is 4.79 Å². The van der Waals surface area contributed by atoms with Crippen LogP contribution in [0.5, 0.6) is 0 Å². The molecule has 4 heteroatoms. The first kappa shape index (κ1) is 16.8. The number of carbonyl (C=O) groups is 1. The quantitative estimate of drug-likeness (QED) is 0.523. The van der Waals surface area contributed by atoms with E-state index in [0.717, 1.165) is 16.5 Å². The van der Waals surface area contributed by atoms with Crippen molar-refractivity contribution in [2.75, 3.05) is 0 Å². The van der Waals surface area contributed by atoms with Gasteiger partial charge in [-0.25, -0.2) is 0 Å². The van der Waals surface area contributed by atoms with Gasteiger partial charge in [0, 0.05) is 17.7 Å². The van der Waals surface area contributed by atoms with Crippen molar-refractivity contribution in [1.29, 1.82) is 0 Å². The molecule has 0 atom stereocenters. The van der Waals surface area contributed by atoms with E-state index < -0.39 is 0 Å². The topological polar surface area (TPSA) is 55.1 Å². The Balaban J connectivity index is 1.40. The summed E-state index contributed by atoms with van der Waals surface area (Å²) in [5.74, 6) is 0.513. The summed E-state index contributed by atoms with van der Waals surface area (Å²) >= 11 is 0. The number of nitrogens with one attached hydrogen (secondary N) is 1. The standard InChI is InChI=1S/C23H18N2O2/c26-23(13-10-17-6-2-1-3-7-17)24-16-21-15-22(27-25-21)20-12-11-18-8-4-5-9-19(18)14-20/h1-15H,16H2,(H,24,26)/b13-10-. The van der Waals surface area contributed by atoms with Gasteiger partial charge in [0.15, 0.2) is 5.76 Å². The van der Waals surface area contributed by atoms with Gasteiger partial charge >= 0.3 is 0 Å². The minimum absolute atomic E-state index is 0.172. The fourth-order valence-corrected chi connectivity index (χ4v) is 2.85. The molecular weight excluding hydrogens is 336 g/mol. The summed E-state index contributed by atoms with van der Waals surface area (Å²) in [7, 11) is 0. The molecule has 0 bridgehead atoms. The molecule has 1 aromatic heterocycles. The predicted octanol–water partition coefficient (Wildman–Crippen LogP) is 4.82. The van der Waals surface area contributed by atoms with E-state index in [1.165, 1.54) is 11.5 Å². The van der Waals surface area contributed by atoms with Gasteiger partial charge in [0.2, 0.25) is 5.91 Å². The normalized spacial score (nSPS) is 11.1. The first-order valence-corrected chi connectivity index (χ1v) is 8.74. The van der Waals surface area contributed by atoms with E-state index in [1.807, 2.05) is 54.6 Å². The van der Waals surface area contributed by atoms with Gasteiger partial charge < -0.3 is 9.84 Å². The molecule has 0 saturated heterocycles. The van der Waals surface area contributed by atoms with E-state index in [0.29, 0.717) is 18.0 Å². The zero-order valence-electron chi connectivity index (χ0n) is 14.6. The Hall–Kier alpha value is -3.66. The Morgan fingerprint density at radius 3 is 2.56 bits per heavy atom. The number of nitrogens with zero attached hydrogens (tertiary/aromatic N) is 1. The Morgan fingerprint density at radius 1 is 0.926 bits per heavy atom. The molecule has 0 unspecified atom stereocenters. The second-order valence-electron chi connectivity index (χ2n) is 6.21. The van der Waals surface area contributed by atoms with Crippen LogP contribution in [0.2, 0.25) is 0 Å². The van der Waals surface area contributed by atoms with Crippen LogP contribution in [-0.2, 0) is 11.3 Å². The van der Waals surface area contributed by atoms with Gasteiger partial charge in [-0.3, -0.25) is 4.79 Å². The predicted molar refractivity (Wildman–Crippen MR) is 107 cm³/mol. The van der Waals surface area contributed by atoms with Crippen LogP contribution in [0.15, 0.2) is 89.5 Å². The Bertz CT molecular complexity index is 1100. The average molecular weight is 354 g/mol. The fraction of sp³-hybridized carbons (Fsp3) is 0.0435. The van der Waals surface area contributed by atoms with E-state index in [-0.39, 0.29) is 5.91 Å². The third-order valence-corrected chi connectivity index (χ3v) is 4.26. The highest BCUT2D eigenvalue weighted by molar-refractivity contribution is 5.91. The third-order valence-electron chi connectivity index (χ3n) is 4.26. The SMILES string of the molecule is O=C(/C=C\c1ccccc1)NCc1cc(-c2ccc3ccccc3c2)on1. The molecule has 0 fully saturated rings. The van der Waals surface area contributed by atoms with Crippen molar-refractivity contribution in [3.8, 4) is 11.3 Å². The molecule has 4 rings (SSSR count). The largest absolute Gasteiger partial charge is 0.356 e. The zero-order chi connectivity index (χ0) is 18.5. The highest BCUT2D eigenvalue weighted by atomic mass is 16.5. The summed E-state index contributed by atoms with van der Waals surface area (Å²) in [4.78, 5) is 12.0. The third kappa shape index (κ3) is 4.12. The zero-order valence-corrected chi connectivity index (χ0v) is 14.6. The minimum atomic E-state index is -0.172. The van der Waals surface area contributed by atoms with Gasteiger partial charge in [-0.05, 0) is 28.5 Å². The molecule has 1 N–H and O–H groups in total. The van der Waals surface area contributed by atoms with E-state index >= 15 is 0 Å². The van der Waals surface area contributed by atoms with E-state index in [4.69, 9.17) is 4.52 Å². The molecular formula is C23H18N2O2. The maximum Gasteiger partial charge on any atom is 0.244 e. The van der Waals surface area contributed by atoms with Crippen LogP contribution in [-0.4, -0.2) is 11.1 Å². The molecule has 0 aliphatic rings. The van der Waals surface area contributed by atoms with Gasteiger partial charge in [-0.1, -0.05) is 71.9 Å². The summed E-state index contributed by atoms with van der Waals surface area (Å²) in [6.45, 7) is 0.315. The number of hydrogen-bond donors (Lipinski definition) is 1. The number of amides is 1. The van der Waals surface area contributed by atoms with Crippen LogP contribution in [0.4, 0.5) is 0 Å². The highest BCUT2D eigenvalue weighted by Crippen LogP contribution is 2.25.